The third kappa shape index (κ3) is 7.54. The fraction of sp³-hybridized carbons (Fsp3) is 0.475. The molecule has 50 heavy (non-hydrogen) atoms. The summed E-state index contributed by atoms with van der Waals surface area (Å²) in [6.07, 6.45) is 3.44. The molecule has 0 aromatic carbocycles. The number of nitrogens with zero attached hydrogens (tertiary/aromatic N) is 2. The number of esters is 3. The topological polar surface area (TPSA) is 136 Å². The summed E-state index contributed by atoms with van der Waals surface area (Å²) in [6, 6.07) is 6.45. The van der Waals surface area contributed by atoms with E-state index in [0.717, 1.165) is 68.7 Å². The molecule has 5 rings (SSSR count). The van der Waals surface area contributed by atoms with E-state index in [1.54, 1.807) is 0 Å². The van der Waals surface area contributed by atoms with Gasteiger partial charge in [-0.25, -0.2) is 4.98 Å². The number of aromatic amines is 2. The number of hydrogen-bond donors (Lipinski definition) is 2. The molecule has 0 spiro atoms. The Bertz CT molecular complexity index is 2020. The maximum absolute atomic E-state index is 12.1. The van der Waals surface area contributed by atoms with Crippen molar-refractivity contribution in [3.8, 4) is 0 Å². The smallest absolute Gasteiger partial charge is 0.302 e. The van der Waals surface area contributed by atoms with E-state index >= 15 is 0 Å². The number of fused-ring (bicyclic) bond motifs is 8. The third-order valence-corrected chi connectivity index (χ3v) is 10.1. The van der Waals surface area contributed by atoms with Crippen molar-refractivity contribution in [1.82, 2.24) is 19.9 Å². The minimum Gasteiger partial charge on any atom is -0.466 e. The monoisotopic (exact) mass is 682 g/mol. The van der Waals surface area contributed by atoms with Crippen LogP contribution >= 0.6 is 0 Å². The minimum absolute atomic E-state index is 0.0286. The molecule has 2 N–H and O–H groups in total. The fourth-order valence-electron chi connectivity index (χ4n) is 7.37. The second kappa shape index (κ2) is 15.4. The van der Waals surface area contributed by atoms with Crippen LogP contribution < -0.4 is 0 Å². The van der Waals surface area contributed by atoms with E-state index in [1.807, 2.05) is 6.92 Å². The molecule has 3 aromatic heterocycles. The van der Waals surface area contributed by atoms with E-state index in [-0.39, 0.29) is 43.0 Å². The molecule has 0 radical (unpaired) electrons. The molecule has 10 heteroatoms. The molecule has 2 atom stereocenters. The molecule has 0 fully saturated rings. The van der Waals surface area contributed by atoms with Crippen molar-refractivity contribution in [3.63, 3.8) is 0 Å². The maximum Gasteiger partial charge on any atom is 0.302 e. The molecule has 0 saturated heterocycles. The van der Waals surface area contributed by atoms with Crippen LogP contribution in [-0.2, 0) is 47.9 Å². The van der Waals surface area contributed by atoms with Crippen LogP contribution in [0.25, 0.3) is 33.2 Å². The van der Waals surface area contributed by atoms with Crippen LogP contribution in [0.5, 0.6) is 0 Å². The van der Waals surface area contributed by atoms with Crippen LogP contribution in [0.1, 0.15) is 124 Å². The number of allylic oxidation sites excluding steroid dienone is 1. The van der Waals surface area contributed by atoms with E-state index < -0.39 is 0 Å². The molecular formula is C40H50N4O6. The number of carbonyl (C=O) groups is 3. The standard InChI is InChI=1S/C40H50N4O6/c1-10-28-21(3)33-17-35-23(5)30(13-12-15-48-25(7)45)39(43-35)31(14-16-49-26(8)46)40-32(20-50-27(9)47)24(6)36(44-40)19-38-29(11-2)22(4)34(42-38)18-37(28)41-33/h17-19,23,30,41-42H,10-16,20H2,1-9H3/t23?,30-/m0/s1. The van der Waals surface area contributed by atoms with Crippen LogP contribution in [0, 0.1) is 13.8 Å². The van der Waals surface area contributed by atoms with Crippen molar-refractivity contribution in [1.29, 1.82) is 0 Å². The molecular weight excluding hydrogens is 632 g/mol. The third-order valence-electron chi connectivity index (χ3n) is 10.1. The Hall–Kier alpha value is -4.73. The lowest BCUT2D eigenvalue weighted by molar-refractivity contribution is -0.141. The molecule has 0 aliphatic carbocycles. The van der Waals surface area contributed by atoms with Gasteiger partial charge in [-0.2, -0.15) is 0 Å². The summed E-state index contributed by atoms with van der Waals surface area (Å²) in [7, 11) is 0. The summed E-state index contributed by atoms with van der Waals surface area (Å²) < 4.78 is 16.4. The van der Waals surface area contributed by atoms with Crippen LogP contribution in [0.4, 0.5) is 0 Å². The van der Waals surface area contributed by atoms with Gasteiger partial charge in [0.05, 0.1) is 24.6 Å². The van der Waals surface area contributed by atoms with Crippen molar-refractivity contribution < 1.29 is 28.6 Å². The van der Waals surface area contributed by atoms with Gasteiger partial charge in [0.25, 0.3) is 0 Å². The summed E-state index contributed by atoms with van der Waals surface area (Å²) in [4.78, 5) is 53.7. The zero-order chi connectivity index (χ0) is 36.3. The summed E-state index contributed by atoms with van der Waals surface area (Å²) >= 11 is 0. The Morgan fingerprint density at radius 2 is 1.32 bits per heavy atom. The van der Waals surface area contributed by atoms with E-state index in [2.05, 4.69) is 62.8 Å². The normalized spacial score (nSPS) is 15.7. The minimum atomic E-state index is -0.386. The van der Waals surface area contributed by atoms with Crippen LogP contribution in [0.2, 0.25) is 0 Å². The van der Waals surface area contributed by atoms with E-state index in [9.17, 15) is 14.4 Å². The first-order valence-corrected chi connectivity index (χ1v) is 17.7. The average molecular weight is 683 g/mol. The predicted octanol–water partition coefficient (Wildman–Crippen LogP) is 7.89. The van der Waals surface area contributed by atoms with Gasteiger partial charge in [-0.05, 0) is 92.5 Å². The van der Waals surface area contributed by atoms with Gasteiger partial charge < -0.3 is 24.2 Å². The molecule has 10 nitrogen and oxygen atoms in total. The molecule has 2 aliphatic rings. The van der Waals surface area contributed by atoms with E-state index in [1.165, 1.54) is 43.0 Å². The highest BCUT2D eigenvalue weighted by Gasteiger charge is 2.33. The van der Waals surface area contributed by atoms with Crippen LogP contribution in [0.15, 0.2) is 18.2 Å². The van der Waals surface area contributed by atoms with Gasteiger partial charge in [0.1, 0.15) is 6.61 Å². The maximum atomic E-state index is 12.1. The van der Waals surface area contributed by atoms with Gasteiger partial charge >= 0.3 is 17.9 Å². The number of hydrogen-bond acceptors (Lipinski definition) is 8. The van der Waals surface area contributed by atoms with Gasteiger partial charge in [0, 0.05) is 83.6 Å². The van der Waals surface area contributed by atoms with Crippen LogP contribution in [0.3, 0.4) is 0 Å². The number of aromatic nitrogens is 4. The highest BCUT2D eigenvalue weighted by molar-refractivity contribution is 5.94. The van der Waals surface area contributed by atoms with Gasteiger partial charge in [-0.3, -0.25) is 19.4 Å². The molecule has 3 aromatic rings. The summed E-state index contributed by atoms with van der Waals surface area (Å²) in [5, 5.41) is 0. The summed E-state index contributed by atoms with van der Waals surface area (Å²) in [6.45, 7) is 17.5. The Kier molecular flexibility index (Phi) is 11.3. The number of rotatable bonds is 11. The van der Waals surface area contributed by atoms with Gasteiger partial charge in [0.2, 0.25) is 0 Å². The van der Waals surface area contributed by atoms with Crippen molar-refractivity contribution in [2.45, 2.75) is 106 Å². The second-order valence-corrected chi connectivity index (χ2v) is 13.3. The van der Waals surface area contributed by atoms with Crippen molar-refractivity contribution in [2.24, 2.45) is 0 Å². The van der Waals surface area contributed by atoms with E-state index in [4.69, 9.17) is 24.2 Å². The molecule has 0 amide bonds. The predicted molar refractivity (Wildman–Crippen MR) is 196 cm³/mol. The molecule has 0 saturated carbocycles. The largest absolute Gasteiger partial charge is 0.466 e. The zero-order valence-electron chi connectivity index (χ0n) is 30.9. The zero-order valence-corrected chi connectivity index (χ0v) is 30.9. The van der Waals surface area contributed by atoms with Gasteiger partial charge in [-0.15, -0.1) is 0 Å². The molecule has 1 unspecified atom stereocenters. The fourth-order valence-corrected chi connectivity index (χ4v) is 7.37. The molecule has 266 valence electrons. The number of nitrogens with one attached hydrogen (secondary N) is 2. The number of H-pyrrole nitrogens is 2. The quantitative estimate of drug-likeness (QED) is 0.118. The Morgan fingerprint density at radius 1 is 0.740 bits per heavy atom. The number of aryl methyl sites for hydroxylation is 4. The van der Waals surface area contributed by atoms with Gasteiger partial charge in [-0.1, -0.05) is 20.8 Å². The SMILES string of the molecule is CCc1c(C)c2cc3[nH]c(cc4nc(c(CCOC(C)=O)c5nc(cc1[nH]2)C(C)=C5COC(C)=O)[C@@H](CCCOC(C)=O)C4C)c(C)c3CC. The van der Waals surface area contributed by atoms with Gasteiger partial charge in [0.15, 0.2) is 0 Å². The lowest BCUT2D eigenvalue weighted by atomic mass is 9.84. The first-order chi connectivity index (χ1) is 23.8. The Labute approximate surface area is 294 Å². The summed E-state index contributed by atoms with van der Waals surface area (Å²) in [5.74, 6) is -1.06. The highest BCUT2D eigenvalue weighted by Crippen LogP contribution is 2.43. The van der Waals surface area contributed by atoms with Crippen LogP contribution in [-0.4, -0.2) is 57.7 Å². The first-order valence-electron chi connectivity index (χ1n) is 17.7. The highest BCUT2D eigenvalue weighted by atomic mass is 16.5. The number of carbonyl (C=O) groups excluding carboxylic acids is 3. The second-order valence-electron chi connectivity index (χ2n) is 13.3. The molecule has 2 aliphatic heterocycles. The lowest BCUT2D eigenvalue weighted by Gasteiger charge is -2.19. The Balaban J connectivity index is 1.91. The van der Waals surface area contributed by atoms with E-state index in [0.29, 0.717) is 31.6 Å². The average Bonchev–Trinajstić information content (AvgIpc) is 3.73. The lowest BCUT2D eigenvalue weighted by Crippen LogP contribution is -2.12. The summed E-state index contributed by atoms with van der Waals surface area (Å²) in [5.41, 5.74) is 14.7. The first kappa shape index (κ1) is 36.5. The van der Waals surface area contributed by atoms with Crippen molar-refractivity contribution in [2.75, 3.05) is 19.8 Å². The van der Waals surface area contributed by atoms with Crippen molar-refractivity contribution in [3.05, 3.63) is 68.8 Å². The molecule has 5 heterocycles. The molecule has 8 bridgehead atoms. The number of ether oxygens (including phenoxy) is 3. The van der Waals surface area contributed by atoms with Crippen molar-refractivity contribution >= 4 is 51.1 Å². The Morgan fingerprint density at radius 3 is 1.92 bits per heavy atom.